The molecule has 0 saturated carbocycles. The number of imidazole rings is 1. The third-order valence-electron chi connectivity index (χ3n) is 6.48. The zero-order chi connectivity index (χ0) is 23.3. The van der Waals surface area contributed by atoms with Gasteiger partial charge in [0, 0.05) is 11.1 Å². The molecule has 4 aromatic carbocycles. The van der Waals surface area contributed by atoms with Gasteiger partial charge in [0.15, 0.2) is 0 Å². The Morgan fingerprint density at radius 1 is 0.735 bits per heavy atom. The molecule has 0 aliphatic carbocycles. The summed E-state index contributed by atoms with van der Waals surface area (Å²) in [5.74, 6) is 0.885. The Morgan fingerprint density at radius 3 is 2.21 bits per heavy atom. The summed E-state index contributed by atoms with van der Waals surface area (Å²) in [5.41, 5.74) is 8.72. The van der Waals surface area contributed by atoms with Gasteiger partial charge in [0.1, 0.15) is 17.7 Å². The number of hydrogen-bond acceptors (Lipinski definition) is 2. The molecule has 0 spiro atoms. The lowest BCUT2D eigenvalue weighted by Gasteiger charge is -2.18. The second kappa shape index (κ2) is 7.74. The van der Waals surface area contributed by atoms with E-state index in [1.54, 1.807) is 0 Å². The largest absolute Gasteiger partial charge is 0.464 e. The predicted molar refractivity (Wildman–Crippen MR) is 140 cm³/mol. The first-order valence-electron chi connectivity index (χ1n) is 11.6. The number of para-hydroxylation sites is 2. The summed E-state index contributed by atoms with van der Waals surface area (Å²) >= 11 is 0. The molecule has 6 rings (SSSR count). The molecular weight excluding hydrogens is 416 g/mol. The van der Waals surface area contributed by atoms with Crippen molar-refractivity contribution in [3.05, 3.63) is 109 Å². The number of benzene rings is 4. The number of nitrogens with zero attached hydrogens (tertiary/aromatic N) is 2. The van der Waals surface area contributed by atoms with Crippen molar-refractivity contribution in [2.24, 2.45) is 0 Å². The van der Waals surface area contributed by atoms with Crippen LogP contribution in [0.5, 0.6) is 0 Å². The molecule has 3 nitrogen and oxygen atoms in total. The van der Waals surface area contributed by atoms with Gasteiger partial charge >= 0.3 is 0 Å². The van der Waals surface area contributed by atoms with E-state index in [-0.39, 0.29) is 5.41 Å². The molecule has 0 aliphatic rings. The van der Waals surface area contributed by atoms with Crippen LogP contribution in [0.3, 0.4) is 0 Å². The monoisotopic (exact) mass is 442 g/mol. The number of furan rings is 1. The van der Waals surface area contributed by atoms with E-state index in [4.69, 9.17) is 9.40 Å². The molecule has 166 valence electrons. The minimum absolute atomic E-state index is 0.0643. The van der Waals surface area contributed by atoms with Gasteiger partial charge in [-0.3, -0.25) is 4.57 Å². The van der Waals surface area contributed by atoms with Crippen molar-refractivity contribution in [3.8, 4) is 28.2 Å². The molecule has 2 aromatic heterocycles. The number of fused-ring (bicyclic) bond motifs is 2. The van der Waals surface area contributed by atoms with Gasteiger partial charge in [-0.1, -0.05) is 87.5 Å². The van der Waals surface area contributed by atoms with Crippen molar-refractivity contribution in [3.63, 3.8) is 0 Å². The van der Waals surface area contributed by atoms with E-state index >= 15 is 0 Å². The molecule has 2 heterocycles. The van der Waals surface area contributed by atoms with Gasteiger partial charge in [0.05, 0.1) is 16.6 Å². The van der Waals surface area contributed by atoms with Crippen molar-refractivity contribution >= 4 is 22.0 Å². The molecule has 0 amide bonds. The molecule has 0 aliphatic heterocycles. The van der Waals surface area contributed by atoms with Crippen LogP contribution in [-0.2, 0) is 5.41 Å². The highest BCUT2D eigenvalue weighted by Gasteiger charge is 2.20. The van der Waals surface area contributed by atoms with Gasteiger partial charge in [-0.25, -0.2) is 4.98 Å². The third-order valence-corrected chi connectivity index (χ3v) is 6.48. The molecule has 6 aromatic rings. The molecule has 0 saturated heterocycles. The minimum Gasteiger partial charge on any atom is -0.464 e. The fourth-order valence-corrected chi connectivity index (χ4v) is 4.57. The van der Waals surface area contributed by atoms with Gasteiger partial charge in [0.25, 0.3) is 0 Å². The van der Waals surface area contributed by atoms with Crippen molar-refractivity contribution in [2.75, 3.05) is 0 Å². The maximum Gasteiger partial charge on any atom is 0.149 e. The van der Waals surface area contributed by atoms with Gasteiger partial charge in [-0.2, -0.15) is 0 Å². The summed E-state index contributed by atoms with van der Waals surface area (Å²) in [7, 11) is 0. The molecule has 3 heteroatoms. The zero-order valence-corrected chi connectivity index (χ0v) is 19.6. The molecular formula is C31H26N2O. The topological polar surface area (TPSA) is 31.0 Å². The summed E-state index contributed by atoms with van der Waals surface area (Å²) in [6, 6.07) is 33.9. The van der Waals surface area contributed by atoms with E-state index < -0.39 is 0 Å². The summed E-state index contributed by atoms with van der Waals surface area (Å²) in [6.07, 6.45) is 1.84. The van der Waals surface area contributed by atoms with Crippen LogP contribution in [0.1, 0.15) is 26.3 Å². The highest BCUT2D eigenvalue weighted by molar-refractivity contribution is 5.95. The quantitative estimate of drug-likeness (QED) is 0.275. The summed E-state index contributed by atoms with van der Waals surface area (Å²) in [5, 5.41) is 1.07. The SMILES string of the molecule is CC(C)(C)c1ccc2c(-c3nc4ccccc4n3-c3ccc(-c4ccccc4)cc3)coc2c1. The average Bonchev–Trinajstić information content (AvgIpc) is 3.45. The third kappa shape index (κ3) is 3.41. The fraction of sp³-hybridized carbons (Fsp3) is 0.129. The number of aromatic nitrogens is 2. The summed E-state index contributed by atoms with van der Waals surface area (Å²) < 4.78 is 8.28. The van der Waals surface area contributed by atoms with Gasteiger partial charge in [0.2, 0.25) is 0 Å². The molecule has 0 bridgehead atoms. The van der Waals surface area contributed by atoms with E-state index in [9.17, 15) is 0 Å². The maximum absolute atomic E-state index is 6.05. The Bertz CT molecular complexity index is 1610. The summed E-state index contributed by atoms with van der Waals surface area (Å²) in [6.45, 7) is 6.66. The molecule has 0 atom stereocenters. The van der Waals surface area contributed by atoms with Gasteiger partial charge in [-0.15, -0.1) is 0 Å². The van der Waals surface area contributed by atoms with E-state index in [2.05, 4.69) is 110 Å². The van der Waals surface area contributed by atoms with Crippen molar-refractivity contribution < 1.29 is 4.42 Å². The van der Waals surface area contributed by atoms with E-state index in [1.165, 1.54) is 16.7 Å². The minimum atomic E-state index is 0.0643. The normalized spacial score (nSPS) is 12.0. The van der Waals surface area contributed by atoms with Crippen LogP contribution in [0, 0.1) is 0 Å². The highest BCUT2D eigenvalue weighted by Crippen LogP contribution is 2.36. The second-order valence-electron chi connectivity index (χ2n) is 9.78. The lowest BCUT2D eigenvalue weighted by Crippen LogP contribution is -2.10. The zero-order valence-electron chi connectivity index (χ0n) is 19.6. The van der Waals surface area contributed by atoms with Crippen LogP contribution in [0.4, 0.5) is 0 Å². The Morgan fingerprint density at radius 2 is 1.44 bits per heavy atom. The first-order chi connectivity index (χ1) is 16.5. The van der Waals surface area contributed by atoms with Crippen LogP contribution >= 0.6 is 0 Å². The first-order valence-corrected chi connectivity index (χ1v) is 11.6. The molecule has 0 fully saturated rings. The van der Waals surface area contributed by atoms with E-state index in [1.807, 2.05) is 18.4 Å². The smallest absolute Gasteiger partial charge is 0.149 e. The van der Waals surface area contributed by atoms with Crippen molar-refractivity contribution in [1.29, 1.82) is 0 Å². The summed E-state index contributed by atoms with van der Waals surface area (Å²) in [4.78, 5) is 5.04. The lowest BCUT2D eigenvalue weighted by molar-refractivity contribution is 0.583. The molecule has 0 unspecified atom stereocenters. The molecule has 0 radical (unpaired) electrons. The maximum atomic E-state index is 6.05. The van der Waals surface area contributed by atoms with Crippen LogP contribution < -0.4 is 0 Å². The Labute approximate surface area is 199 Å². The number of hydrogen-bond donors (Lipinski definition) is 0. The van der Waals surface area contributed by atoms with Crippen molar-refractivity contribution in [1.82, 2.24) is 9.55 Å². The predicted octanol–water partition coefficient (Wildman–Crippen LogP) is 8.40. The molecule has 34 heavy (non-hydrogen) atoms. The van der Waals surface area contributed by atoms with E-state index in [0.29, 0.717) is 0 Å². The van der Waals surface area contributed by atoms with Gasteiger partial charge in [-0.05, 0) is 52.4 Å². The van der Waals surface area contributed by atoms with E-state index in [0.717, 1.165) is 39.1 Å². The average molecular weight is 443 g/mol. The highest BCUT2D eigenvalue weighted by atomic mass is 16.3. The van der Waals surface area contributed by atoms with Crippen LogP contribution in [0.15, 0.2) is 108 Å². The standard InChI is InChI=1S/C31H26N2O/c1-31(2,3)23-15-18-25-26(20-34-29(25)19-23)30-32-27-11-7-8-12-28(27)33(30)24-16-13-22(14-17-24)21-9-5-4-6-10-21/h4-20H,1-3H3. The van der Waals surface area contributed by atoms with Gasteiger partial charge < -0.3 is 4.42 Å². The first kappa shape index (κ1) is 20.5. The van der Waals surface area contributed by atoms with Crippen LogP contribution in [0.2, 0.25) is 0 Å². The second-order valence-corrected chi connectivity index (χ2v) is 9.78. The number of rotatable bonds is 3. The van der Waals surface area contributed by atoms with Crippen LogP contribution in [-0.4, -0.2) is 9.55 Å². The Balaban J connectivity index is 1.53. The Kier molecular flexibility index (Phi) is 4.66. The van der Waals surface area contributed by atoms with Crippen molar-refractivity contribution in [2.45, 2.75) is 26.2 Å². The van der Waals surface area contributed by atoms with Crippen LogP contribution in [0.25, 0.3) is 50.2 Å². The fourth-order valence-electron chi connectivity index (χ4n) is 4.57. The molecule has 0 N–H and O–H groups in total. The Hall–Kier alpha value is -4.11. The lowest BCUT2D eigenvalue weighted by atomic mass is 9.86.